The fourth-order valence-electron chi connectivity index (χ4n) is 22.7. The van der Waals surface area contributed by atoms with Crippen LogP contribution in [0.25, 0.3) is 0 Å². The van der Waals surface area contributed by atoms with E-state index in [0.29, 0.717) is 76.9 Å². The summed E-state index contributed by atoms with van der Waals surface area (Å²) in [6.45, 7) is 33.5. The minimum atomic E-state index is -3.56. The lowest BCUT2D eigenvalue weighted by Crippen LogP contribution is -2.62. The Kier molecular flexibility index (Phi) is 24.1. The van der Waals surface area contributed by atoms with E-state index < -0.39 is 82.2 Å². The molecule has 23 nitrogen and oxygen atoms in total. The summed E-state index contributed by atoms with van der Waals surface area (Å²) in [5.74, 6) is 4.77. The molecule has 0 spiro atoms. The van der Waals surface area contributed by atoms with Gasteiger partial charge >= 0.3 is 59.7 Å². The third-order valence-electron chi connectivity index (χ3n) is 26.9. The molecule has 0 aromatic rings. The van der Waals surface area contributed by atoms with Crippen LogP contribution in [0.1, 0.15) is 204 Å². The van der Waals surface area contributed by atoms with Gasteiger partial charge in [-0.1, -0.05) is 53.7 Å². The zero-order valence-corrected chi connectivity index (χ0v) is 63.8. The van der Waals surface area contributed by atoms with Crippen molar-refractivity contribution in [2.45, 2.75) is 250 Å². The van der Waals surface area contributed by atoms with Gasteiger partial charge in [0.1, 0.15) is 54.4 Å². The first-order valence-corrected chi connectivity index (χ1v) is 40.1. The van der Waals surface area contributed by atoms with Gasteiger partial charge in [-0.3, -0.25) is 18.6 Å². The first-order chi connectivity index (χ1) is 49.5. The van der Waals surface area contributed by atoms with Gasteiger partial charge in [-0.25, -0.2) is 33.6 Å². The molecule has 10 unspecified atom stereocenters. The van der Waals surface area contributed by atoms with Gasteiger partial charge < -0.3 is 47.4 Å². The molecule has 0 aromatic heterocycles. The van der Waals surface area contributed by atoms with E-state index in [1.807, 2.05) is 6.92 Å². The van der Waals surface area contributed by atoms with E-state index in [0.717, 1.165) is 80.5 Å². The molecule has 0 aromatic carbocycles. The van der Waals surface area contributed by atoms with Gasteiger partial charge in [0.05, 0.1) is 24.0 Å². The maximum absolute atomic E-state index is 12.2. The second-order valence-corrected chi connectivity index (χ2v) is 36.2. The fraction of sp³-hybridized carbons (Fsp3) is 0.753. The Morgan fingerprint density at radius 3 is 1.40 bits per heavy atom. The molecule has 16 aliphatic carbocycles. The first kappa shape index (κ1) is 79.4. The molecular formula is C81H112O23S. The Morgan fingerprint density at radius 1 is 0.457 bits per heavy atom. The molecule has 2 saturated heterocycles. The van der Waals surface area contributed by atoms with E-state index in [1.54, 1.807) is 20.8 Å². The van der Waals surface area contributed by atoms with Crippen molar-refractivity contribution < 1.29 is 108 Å². The molecule has 16 saturated carbocycles. The van der Waals surface area contributed by atoms with Crippen molar-refractivity contribution in [1.82, 2.24) is 0 Å². The van der Waals surface area contributed by atoms with Crippen molar-refractivity contribution in [2.75, 3.05) is 26.4 Å². The van der Waals surface area contributed by atoms with Crippen molar-refractivity contribution in [3.05, 3.63) is 60.8 Å². The molecule has 24 heteroatoms. The van der Waals surface area contributed by atoms with E-state index in [-0.39, 0.29) is 108 Å². The lowest BCUT2D eigenvalue weighted by atomic mass is 9.47. The van der Waals surface area contributed by atoms with Crippen LogP contribution in [0.5, 0.6) is 0 Å². The number of carbonyl (C=O) groups excluding carboxylic acids is 10. The highest BCUT2D eigenvalue weighted by molar-refractivity contribution is 7.87. The monoisotopic (exact) mass is 1480 g/mol. The Balaban J connectivity index is 0.000000133. The minimum Gasteiger partial charge on any atom is -0.462 e. The number of hydrogen-bond donors (Lipinski definition) is 0. The predicted octanol–water partition coefficient (Wildman–Crippen LogP) is 11.6. The number of ether oxygens (including phenoxy) is 10. The molecular weight excluding hydrogens is 1370 g/mol. The third-order valence-corrected chi connectivity index (χ3v) is 28.7. The number of fused-ring (bicyclic) bond motifs is 2. The maximum atomic E-state index is 12.2. The van der Waals surface area contributed by atoms with Crippen LogP contribution in [0.2, 0.25) is 0 Å². The molecule has 105 heavy (non-hydrogen) atoms. The summed E-state index contributed by atoms with van der Waals surface area (Å²) < 4.78 is 81.9. The highest BCUT2D eigenvalue weighted by Gasteiger charge is 2.67. The Labute approximate surface area is 618 Å². The van der Waals surface area contributed by atoms with Crippen molar-refractivity contribution in [2.24, 2.45) is 107 Å². The lowest BCUT2D eigenvalue weighted by Gasteiger charge is -2.61. The van der Waals surface area contributed by atoms with Crippen molar-refractivity contribution in [1.29, 1.82) is 0 Å². The zero-order chi connectivity index (χ0) is 76.1. The molecule has 2 aliphatic heterocycles. The van der Waals surface area contributed by atoms with Crippen LogP contribution in [-0.4, -0.2) is 141 Å². The molecule has 0 amide bonds. The molecule has 18 fully saturated rings. The summed E-state index contributed by atoms with van der Waals surface area (Å²) in [6.07, 6.45) is 20.8. The maximum Gasteiger partial charge on any atom is 0.344 e. The lowest BCUT2D eigenvalue weighted by molar-refractivity contribution is -0.221. The van der Waals surface area contributed by atoms with Crippen molar-refractivity contribution in [3.8, 4) is 0 Å². The quantitative estimate of drug-likeness (QED) is 0.0320. The first-order valence-electron chi connectivity index (χ1n) is 38.7. The number of rotatable bonds is 22. The van der Waals surface area contributed by atoms with Gasteiger partial charge in [0.25, 0.3) is 10.1 Å². The second kappa shape index (κ2) is 31.9. The van der Waals surface area contributed by atoms with E-state index in [2.05, 4.69) is 58.4 Å². The van der Waals surface area contributed by atoms with Gasteiger partial charge in [0.2, 0.25) is 0 Å². The average Bonchev–Trinajstić information content (AvgIpc) is 1.70. The normalized spacial score (nSPS) is 38.8. The van der Waals surface area contributed by atoms with Crippen LogP contribution in [0.15, 0.2) is 60.8 Å². The van der Waals surface area contributed by atoms with Gasteiger partial charge in [-0.05, 0) is 247 Å². The highest BCUT2D eigenvalue weighted by Crippen LogP contribution is 2.64. The summed E-state index contributed by atoms with van der Waals surface area (Å²) in [7, 11) is -3.56. The van der Waals surface area contributed by atoms with E-state index in [4.69, 9.17) is 46.8 Å². The zero-order valence-electron chi connectivity index (χ0n) is 63.0. The number of hydrogen-bond acceptors (Lipinski definition) is 23. The van der Waals surface area contributed by atoms with Crippen molar-refractivity contribution in [3.63, 3.8) is 0 Å². The molecule has 2 heterocycles. The topological polar surface area (TPSA) is 306 Å². The Bertz CT molecular complexity index is 3490. The smallest absolute Gasteiger partial charge is 0.344 e. The molecule has 580 valence electrons. The molecule has 10 atom stereocenters. The van der Waals surface area contributed by atoms with Crippen LogP contribution in [0, 0.1) is 107 Å². The third kappa shape index (κ3) is 16.7. The van der Waals surface area contributed by atoms with E-state index in [1.165, 1.54) is 84.5 Å². The average molecular weight is 1490 g/mol. The molecule has 0 N–H and O–H groups in total. The summed E-state index contributed by atoms with van der Waals surface area (Å²) in [5, 5.41) is -0.476. The minimum absolute atomic E-state index is 0.0128. The van der Waals surface area contributed by atoms with Crippen LogP contribution < -0.4 is 0 Å². The summed E-state index contributed by atoms with van der Waals surface area (Å²) in [5.41, 5.74) is 1.10. The second-order valence-electron chi connectivity index (χ2n) is 34.4. The number of esters is 10. The van der Waals surface area contributed by atoms with Gasteiger partial charge in [-0.15, -0.1) is 0 Å². The van der Waals surface area contributed by atoms with E-state index in [9.17, 15) is 56.4 Å². The fourth-order valence-corrected chi connectivity index (χ4v) is 24.6. The van der Waals surface area contributed by atoms with Gasteiger partial charge in [-0.2, -0.15) is 8.42 Å². The Morgan fingerprint density at radius 2 is 0.895 bits per heavy atom. The molecule has 16 bridgehead atoms. The van der Waals surface area contributed by atoms with Gasteiger partial charge in [0.15, 0.2) is 13.2 Å². The summed E-state index contributed by atoms with van der Waals surface area (Å²) in [6, 6.07) is 0. The van der Waals surface area contributed by atoms with Crippen molar-refractivity contribution >= 4 is 69.8 Å². The van der Waals surface area contributed by atoms with Crippen LogP contribution in [-0.2, 0) is 110 Å². The van der Waals surface area contributed by atoms with Crippen LogP contribution in [0.4, 0.5) is 0 Å². The summed E-state index contributed by atoms with van der Waals surface area (Å²) >= 11 is 0. The highest BCUT2D eigenvalue weighted by atomic mass is 32.2. The molecule has 18 rings (SSSR count). The van der Waals surface area contributed by atoms with Crippen LogP contribution >= 0.6 is 0 Å². The van der Waals surface area contributed by atoms with Gasteiger partial charge in [0, 0.05) is 51.5 Å². The van der Waals surface area contributed by atoms with E-state index >= 15 is 0 Å². The largest absolute Gasteiger partial charge is 0.462 e. The molecule has 18 aliphatic rings. The predicted molar refractivity (Wildman–Crippen MR) is 379 cm³/mol. The summed E-state index contributed by atoms with van der Waals surface area (Å²) in [4.78, 5) is 117. The Hall–Kier alpha value is -6.69. The SMILES string of the molecule is C=C(C)C(=O)OC1(C(C)C)C2CC3CC(C2)CC1C3.C=C(C)C(=O)OC1(CC)C2CC3CC(C2)CC1C3.C=C(C)C(=O)OC1C2CC3C(=O)OC1C3C2.C=C(C)C(=O)OCC(=O)OCC(=O)OC1(C)C2CC3CC(C2)CC1C3.C=C(C)C(=O)OCCOC(=O)CCC(=O)OC1C2CC3C1OS(=O)(=O)C3C2. The standard InChI is InChI=1S/C19H26O6.C17H22O9S.C17H26O2.C16H24O2.C12H14O4/c1-11(2)18(22)24-9-16(20)23-10-17(21)25-19(3)14-5-12-4-13(7-14)8-15(19)6-12;1-9(2)17(20)24-6-5-23-13(18)3-4-14(19)25-15-10-7-11-12(8-10)27(21,22)26-16(11)15;1-10(2)16(18)19-17(11(3)4)14-6-12-5-13(8-14)9-15(17)7-12;1-4-16(18-15(17)10(2)3)13-6-11-5-12(8-13)9-14(16)7-11;1-5(2)11(13)15-9-6-3-7-8(4-6)12(14)16-10(7)9/h12-15H,1,4-10H2,2-3H3;10-12,15-16H,1,3-8H2,2H3;11-15H,1,5-9H2,2-4H3;11-14H,2,4-9H2,1,3H3;6-10H,1,3-4H2,2H3. The molecule has 0 radical (unpaired) electrons. The van der Waals surface area contributed by atoms with Crippen LogP contribution in [0.3, 0.4) is 0 Å². The number of carbonyl (C=O) groups is 10.